The average molecular weight is 279 g/mol. The van der Waals surface area contributed by atoms with Crippen LogP contribution in [0.3, 0.4) is 0 Å². The summed E-state index contributed by atoms with van der Waals surface area (Å²) in [5.41, 5.74) is 3.64. The van der Waals surface area contributed by atoms with Crippen LogP contribution in [-0.2, 0) is 0 Å². The molecule has 0 saturated heterocycles. The fourth-order valence-electron chi connectivity index (χ4n) is 1.93. The van der Waals surface area contributed by atoms with Crippen molar-refractivity contribution in [2.24, 2.45) is 0 Å². The Kier molecular flexibility index (Phi) is 3.15. The zero-order valence-electron chi connectivity index (χ0n) is 9.74. The largest absolute Gasteiger partial charge is 0.237 e. The number of benzene rings is 1. The second-order valence-corrected chi connectivity index (χ2v) is 5.17. The van der Waals surface area contributed by atoms with Gasteiger partial charge in [-0.05, 0) is 42.7 Å². The zero-order valence-corrected chi connectivity index (χ0v) is 11.3. The molecule has 0 bridgehead atoms. The highest BCUT2D eigenvalue weighted by Crippen LogP contribution is 2.23. The van der Waals surface area contributed by atoms with Crippen molar-refractivity contribution >= 4 is 15.9 Å². The van der Waals surface area contributed by atoms with Crippen molar-refractivity contribution < 1.29 is 0 Å². The molecule has 0 fully saturated rings. The highest BCUT2D eigenvalue weighted by Gasteiger charge is 2.12. The normalized spacial score (nSPS) is 11.1. The van der Waals surface area contributed by atoms with Gasteiger partial charge in [-0.1, -0.05) is 29.8 Å². The van der Waals surface area contributed by atoms with Gasteiger partial charge in [-0.3, -0.25) is 0 Å². The summed E-state index contributed by atoms with van der Waals surface area (Å²) in [6.45, 7) is 6.50. The van der Waals surface area contributed by atoms with Crippen LogP contribution in [0.2, 0.25) is 0 Å². The summed E-state index contributed by atoms with van der Waals surface area (Å²) in [4.78, 5) is 0. The topological polar surface area (TPSA) is 17.8 Å². The van der Waals surface area contributed by atoms with E-state index in [1.165, 1.54) is 11.3 Å². The second-order valence-electron chi connectivity index (χ2n) is 4.26. The SMILES string of the molecule is Cc1cnn(-c2ccc(Br)cc2)c1C(C)C. The summed E-state index contributed by atoms with van der Waals surface area (Å²) in [7, 11) is 0. The number of rotatable bonds is 2. The lowest BCUT2D eigenvalue weighted by Crippen LogP contribution is -2.04. The fraction of sp³-hybridized carbons (Fsp3) is 0.308. The number of aryl methyl sites for hydroxylation is 1. The van der Waals surface area contributed by atoms with Crippen molar-refractivity contribution in [1.29, 1.82) is 0 Å². The maximum atomic E-state index is 4.44. The van der Waals surface area contributed by atoms with E-state index in [0.717, 1.165) is 10.2 Å². The van der Waals surface area contributed by atoms with E-state index in [9.17, 15) is 0 Å². The lowest BCUT2D eigenvalue weighted by molar-refractivity contribution is 0.730. The Labute approximate surface area is 104 Å². The van der Waals surface area contributed by atoms with Gasteiger partial charge in [-0.2, -0.15) is 5.10 Å². The molecule has 2 nitrogen and oxygen atoms in total. The maximum Gasteiger partial charge on any atom is 0.0649 e. The summed E-state index contributed by atoms with van der Waals surface area (Å²) in [6.07, 6.45) is 1.93. The Balaban J connectivity index is 2.52. The lowest BCUT2D eigenvalue weighted by atomic mass is 10.1. The molecule has 3 heteroatoms. The predicted octanol–water partition coefficient (Wildman–Crippen LogP) is 4.07. The van der Waals surface area contributed by atoms with Gasteiger partial charge in [-0.25, -0.2) is 4.68 Å². The number of hydrogen-bond acceptors (Lipinski definition) is 1. The standard InChI is InChI=1S/C13H15BrN2/c1-9(2)13-10(3)8-15-16(13)12-6-4-11(14)5-7-12/h4-9H,1-3H3. The summed E-state index contributed by atoms with van der Waals surface area (Å²) >= 11 is 3.44. The highest BCUT2D eigenvalue weighted by molar-refractivity contribution is 9.10. The Morgan fingerprint density at radius 1 is 1.19 bits per heavy atom. The molecule has 16 heavy (non-hydrogen) atoms. The monoisotopic (exact) mass is 278 g/mol. The summed E-state index contributed by atoms with van der Waals surface area (Å²) in [5.74, 6) is 0.478. The third kappa shape index (κ3) is 2.05. The van der Waals surface area contributed by atoms with E-state index in [-0.39, 0.29) is 0 Å². The van der Waals surface area contributed by atoms with Crippen LogP contribution in [0.5, 0.6) is 0 Å². The predicted molar refractivity (Wildman–Crippen MR) is 70.1 cm³/mol. The lowest BCUT2D eigenvalue weighted by Gasteiger charge is -2.11. The molecule has 0 amide bonds. The Bertz CT molecular complexity index is 483. The molecule has 1 aromatic heterocycles. The number of halogens is 1. The Hall–Kier alpha value is -1.09. The molecule has 0 N–H and O–H groups in total. The third-order valence-corrected chi connectivity index (χ3v) is 3.15. The molecule has 1 aromatic carbocycles. The first-order valence-electron chi connectivity index (χ1n) is 5.40. The summed E-state index contributed by atoms with van der Waals surface area (Å²) in [6, 6.07) is 8.22. The first-order valence-corrected chi connectivity index (χ1v) is 6.19. The van der Waals surface area contributed by atoms with Crippen LogP contribution in [0.15, 0.2) is 34.9 Å². The molecule has 84 valence electrons. The molecule has 0 aliphatic carbocycles. The Morgan fingerprint density at radius 3 is 2.38 bits per heavy atom. The quantitative estimate of drug-likeness (QED) is 0.810. The van der Waals surface area contributed by atoms with Gasteiger partial charge >= 0.3 is 0 Å². The van der Waals surface area contributed by atoms with E-state index in [4.69, 9.17) is 0 Å². The minimum absolute atomic E-state index is 0.478. The molecule has 0 radical (unpaired) electrons. The van der Waals surface area contributed by atoms with Gasteiger partial charge in [0.1, 0.15) is 0 Å². The smallest absolute Gasteiger partial charge is 0.0649 e. The van der Waals surface area contributed by atoms with Crippen molar-refractivity contribution in [2.45, 2.75) is 26.7 Å². The molecule has 0 aliphatic heterocycles. The van der Waals surface area contributed by atoms with E-state index in [2.05, 4.69) is 53.9 Å². The first kappa shape index (κ1) is 11.4. The van der Waals surface area contributed by atoms with Crippen molar-refractivity contribution in [3.05, 3.63) is 46.2 Å². The van der Waals surface area contributed by atoms with Crippen LogP contribution in [0.4, 0.5) is 0 Å². The van der Waals surface area contributed by atoms with Crippen LogP contribution < -0.4 is 0 Å². The summed E-state index contributed by atoms with van der Waals surface area (Å²) in [5, 5.41) is 4.44. The van der Waals surface area contributed by atoms with Crippen molar-refractivity contribution in [1.82, 2.24) is 9.78 Å². The van der Waals surface area contributed by atoms with Crippen LogP contribution in [0, 0.1) is 6.92 Å². The fourth-order valence-corrected chi connectivity index (χ4v) is 2.19. The molecule has 1 heterocycles. The van der Waals surface area contributed by atoms with E-state index < -0.39 is 0 Å². The van der Waals surface area contributed by atoms with E-state index in [1.54, 1.807) is 0 Å². The molecule has 2 aromatic rings. The van der Waals surface area contributed by atoms with Gasteiger partial charge < -0.3 is 0 Å². The van der Waals surface area contributed by atoms with Gasteiger partial charge in [0.25, 0.3) is 0 Å². The minimum atomic E-state index is 0.478. The summed E-state index contributed by atoms with van der Waals surface area (Å²) < 4.78 is 3.11. The molecule has 0 unspecified atom stereocenters. The van der Waals surface area contributed by atoms with E-state index >= 15 is 0 Å². The Morgan fingerprint density at radius 2 is 1.81 bits per heavy atom. The number of hydrogen-bond donors (Lipinski definition) is 0. The number of nitrogens with zero attached hydrogens (tertiary/aromatic N) is 2. The molecular formula is C13H15BrN2. The molecule has 2 rings (SSSR count). The van der Waals surface area contributed by atoms with Gasteiger partial charge in [0, 0.05) is 10.2 Å². The van der Waals surface area contributed by atoms with E-state index in [0.29, 0.717) is 5.92 Å². The molecule has 0 spiro atoms. The third-order valence-electron chi connectivity index (χ3n) is 2.62. The maximum absolute atomic E-state index is 4.44. The van der Waals surface area contributed by atoms with Gasteiger partial charge in [0.05, 0.1) is 11.9 Å². The first-order chi connectivity index (χ1) is 7.59. The van der Waals surface area contributed by atoms with Crippen LogP contribution >= 0.6 is 15.9 Å². The van der Waals surface area contributed by atoms with Crippen LogP contribution in [0.25, 0.3) is 5.69 Å². The van der Waals surface area contributed by atoms with Crippen molar-refractivity contribution in [2.75, 3.05) is 0 Å². The molecule has 0 saturated carbocycles. The van der Waals surface area contributed by atoms with Crippen molar-refractivity contribution in [3.63, 3.8) is 0 Å². The second kappa shape index (κ2) is 4.42. The van der Waals surface area contributed by atoms with Crippen molar-refractivity contribution in [3.8, 4) is 5.69 Å². The molecule has 0 atom stereocenters. The molecular weight excluding hydrogens is 264 g/mol. The number of aromatic nitrogens is 2. The zero-order chi connectivity index (χ0) is 11.7. The van der Waals surface area contributed by atoms with Crippen LogP contribution in [-0.4, -0.2) is 9.78 Å². The van der Waals surface area contributed by atoms with Crippen LogP contribution in [0.1, 0.15) is 31.0 Å². The van der Waals surface area contributed by atoms with E-state index in [1.807, 2.05) is 23.0 Å². The average Bonchev–Trinajstić information content (AvgIpc) is 2.61. The van der Waals surface area contributed by atoms with Gasteiger partial charge in [0.15, 0.2) is 0 Å². The minimum Gasteiger partial charge on any atom is -0.237 e. The highest BCUT2D eigenvalue weighted by atomic mass is 79.9. The van der Waals surface area contributed by atoms with Gasteiger partial charge in [0.2, 0.25) is 0 Å². The molecule has 0 aliphatic rings. The van der Waals surface area contributed by atoms with Gasteiger partial charge in [-0.15, -0.1) is 0 Å².